The summed E-state index contributed by atoms with van der Waals surface area (Å²) in [5, 5.41) is 60.6. The van der Waals surface area contributed by atoms with Crippen LogP contribution in [0.3, 0.4) is 0 Å². The van der Waals surface area contributed by atoms with Crippen LogP contribution in [-0.4, -0.2) is 137 Å². The van der Waals surface area contributed by atoms with Crippen molar-refractivity contribution in [3.8, 4) is 23.0 Å². The molecular weight excluding hydrogens is 1040 g/mol. The summed E-state index contributed by atoms with van der Waals surface area (Å²) in [5.74, 6) is -2.96. The molecule has 0 aliphatic carbocycles. The minimum atomic E-state index is -1.25. The summed E-state index contributed by atoms with van der Waals surface area (Å²) >= 11 is 0. The van der Waals surface area contributed by atoms with E-state index in [0.29, 0.717) is 50.5 Å². The van der Waals surface area contributed by atoms with Gasteiger partial charge in [-0.1, -0.05) is 66.3 Å². The molecule has 0 bridgehead atoms. The molecule has 0 radical (unpaired) electrons. The van der Waals surface area contributed by atoms with Gasteiger partial charge in [0, 0.05) is 32.0 Å². The van der Waals surface area contributed by atoms with Gasteiger partial charge in [0.05, 0.1) is 12.1 Å². The number of aliphatic hydroxyl groups excluding tert-OH is 2. The molecule has 6 aromatic carbocycles. The van der Waals surface area contributed by atoms with Crippen LogP contribution in [0.5, 0.6) is 23.0 Å². The Balaban J connectivity index is 0.000000190. The number of nitrogens with zero attached hydrogens (tertiary/aromatic N) is 4. The Hall–Kier alpha value is -7.56. The Morgan fingerprint density at radius 3 is 1.48 bits per heavy atom. The van der Waals surface area contributed by atoms with Gasteiger partial charge in [0.2, 0.25) is 0 Å². The average Bonchev–Trinajstić information content (AvgIpc) is 4.18. The number of benzene rings is 6. The number of oxime groups is 2. The van der Waals surface area contributed by atoms with Crippen LogP contribution in [0.25, 0.3) is 21.5 Å². The molecular formula is C59H68F4N6O11. The maximum Gasteiger partial charge on any atom is 0.353 e. The van der Waals surface area contributed by atoms with Gasteiger partial charge in [-0.2, -0.15) is 0 Å². The maximum atomic E-state index is 14.7. The lowest BCUT2D eigenvalue weighted by molar-refractivity contribution is -0.129. The molecule has 4 aliphatic rings. The van der Waals surface area contributed by atoms with Gasteiger partial charge in [-0.15, -0.1) is 0 Å². The highest BCUT2D eigenvalue weighted by molar-refractivity contribution is 6.38. The van der Waals surface area contributed by atoms with Crippen LogP contribution in [0.2, 0.25) is 0 Å². The molecule has 0 unspecified atom stereocenters. The zero-order chi connectivity index (χ0) is 56.0. The zero-order valence-electron chi connectivity index (χ0n) is 43.3. The number of hydrogen-bond donors (Lipinski definition) is 7. The van der Waals surface area contributed by atoms with E-state index < -0.39 is 47.8 Å². The smallest absolute Gasteiger partial charge is 0.353 e. The van der Waals surface area contributed by atoms with E-state index in [-0.39, 0.29) is 79.4 Å². The van der Waals surface area contributed by atoms with Gasteiger partial charge >= 0.3 is 5.97 Å². The molecule has 2 fully saturated rings. The van der Waals surface area contributed by atoms with Crippen molar-refractivity contribution in [3.05, 3.63) is 143 Å². The molecule has 17 nitrogen and oxygen atoms in total. The number of carbonyl (C=O) groups excluding carboxylic acids is 1. The number of halogens is 4. The standard InChI is InChI=1S/C29H31F2N3O5.C15H21FN2O3.C14H12FNO3.CH4/c30-22-7-6-19-13-18(3-5-20(19)14-22)4-8-24(33-37)29(36)32-25(17-34-9-1-2-10-34)27(35)21-15-23(31)28-26(16-21)38-11-12-39-28;16-11-7-10(8-13-15(11)21-6-5-20-13)14(19)12(17)9-18-3-1-2-4-18;15-12-5-4-10-7-9(1-3-11(10)8-12)2-6-13(16-19)14(17)18;/h3,5-7,13-16,25,27,35,37H,1-2,4,8-12,17H2,(H,32,36);7-8,12,14,19H,1-6,9,17H2;1,3-5,7-8,19H,2,6H2,(H,17,18);1H4/b33-24+;;16-13+;/t25-,27-;12-,14-;;/m11../s1. The van der Waals surface area contributed by atoms with Gasteiger partial charge in [-0.25, -0.2) is 22.4 Å². The Morgan fingerprint density at radius 2 is 1.00 bits per heavy atom. The minimum Gasteiger partial charge on any atom is -0.486 e. The summed E-state index contributed by atoms with van der Waals surface area (Å²) in [7, 11) is 0. The third kappa shape index (κ3) is 15.8. The Labute approximate surface area is 460 Å². The van der Waals surface area contributed by atoms with Crippen LogP contribution in [-0.2, 0) is 22.4 Å². The van der Waals surface area contributed by atoms with Crippen LogP contribution in [0, 0.1) is 23.3 Å². The fourth-order valence-electron chi connectivity index (χ4n) is 9.94. The molecule has 1 amide bonds. The summed E-state index contributed by atoms with van der Waals surface area (Å²) in [5.41, 5.74) is 8.17. The van der Waals surface area contributed by atoms with Crippen LogP contribution in [0.15, 0.2) is 107 Å². The predicted molar refractivity (Wildman–Crippen MR) is 293 cm³/mol. The van der Waals surface area contributed by atoms with Crippen molar-refractivity contribution in [1.82, 2.24) is 15.1 Å². The molecule has 21 heteroatoms. The molecule has 8 N–H and O–H groups in total. The number of aryl methyl sites for hydroxylation is 2. The van der Waals surface area contributed by atoms with Crippen molar-refractivity contribution in [1.29, 1.82) is 0 Å². The number of carboxylic acids is 1. The number of carbonyl (C=O) groups is 2. The maximum absolute atomic E-state index is 14.7. The van der Waals surface area contributed by atoms with Gasteiger partial charge in [0.15, 0.2) is 40.3 Å². The van der Waals surface area contributed by atoms with Crippen LogP contribution >= 0.6 is 0 Å². The molecule has 10 rings (SSSR count). The first-order valence-corrected chi connectivity index (χ1v) is 26.2. The SMILES string of the molecule is C.N[C@H](CN1CCCC1)[C@H](O)c1cc(F)c2c(c1)OCCO2.O=C(N[C@H](CN1CCCC1)[C@H](O)c1cc(F)c2c(c1)OCCO2)/C(CCc1ccc2cc(F)ccc2c1)=N/O.O=C(O)/C(CCc1ccc2cc(F)ccc2c1)=N/O. The molecule has 4 aliphatic heterocycles. The number of nitrogens with two attached hydrogens (primary N) is 1. The van der Waals surface area contributed by atoms with Gasteiger partial charge in [-0.3, -0.25) is 4.79 Å². The third-order valence-corrected chi connectivity index (χ3v) is 14.1. The topological polar surface area (TPSA) is 241 Å². The van der Waals surface area contributed by atoms with Gasteiger partial charge in [-0.05, 0) is 157 Å². The van der Waals surface area contributed by atoms with Crippen molar-refractivity contribution in [2.24, 2.45) is 16.0 Å². The van der Waals surface area contributed by atoms with E-state index >= 15 is 0 Å². The van der Waals surface area contributed by atoms with Gasteiger partial charge in [0.25, 0.3) is 5.91 Å². The largest absolute Gasteiger partial charge is 0.486 e. The highest BCUT2D eigenvalue weighted by Gasteiger charge is 2.31. The zero-order valence-corrected chi connectivity index (χ0v) is 43.3. The first kappa shape index (κ1) is 60.1. The van der Waals surface area contributed by atoms with Crippen molar-refractivity contribution in [2.75, 3.05) is 65.7 Å². The molecule has 428 valence electrons. The monoisotopic (exact) mass is 1110 g/mol. The van der Waals surface area contributed by atoms with Gasteiger partial charge < -0.3 is 65.5 Å². The Morgan fingerprint density at radius 1 is 0.575 bits per heavy atom. The van der Waals surface area contributed by atoms with Crippen molar-refractivity contribution >= 4 is 44.8 Å². The predicted octanol–water partition coefficient (Wildman–Crippen LogP) is 8.48. The second-order valence-corrected chi connectivity index (χ2v) is 19.8. The summed E-state index contributed by atoms with van der Waals surface area (Å²) in [6.45, 7) is 5.83. The fourth-order valence-corrected chi connectivity index (χ4v) is 9.94. The number of carboxylic acid groups (broad SMARTS) is 1. The number of nitrogens with one attached hydrogen (secondary N) is 1. The number of aliphatic hydroxyl groups is 2. The van der Waals surface area contributed by atoms with Crippen molar-refractivity contribution in [3.63, 3.8) is 0 Å². The van der Waals surface area contributed by atoms with E-state index in [0.717, 1.165) is 71.7 Å². The lowest BCUT2D eigenvalue weighted by Crippen LogP contribution is -2.48. The second-order valence-electron chi connectivity index (χ2n) is 19.8. The first-order chi connectivity index (χ1) is 38.2. The number of fused-ring (bicyclic) bond motifs is 4. The molecule has 0 saturated carbocycles. The third-order valence-electron chi connectivity index (χ3n) is 14.1. The molecule has 6 aromatic rings. The number of likely N-dealkylation sites (tertiary alicyclic amines) is 2. The summed E-state index contributed by atoms with van der Waals surface area (Å²) in [6, 6.07) is 24.4. The Kier molecular flexibility index (Phi) is 21.4. The van der Waals surface area contributed by atoms with E-state index in [9.17, 15) is 42.6 Å². The van der Waals surface area contributed by atoms with E-state index in [1.807, 2.05) is 18.2 Å². The van der Waals surface area contributed by atoms with E-state index in [1.165, 1.54) is 55.3 Å². The van der Waals surface area contributed by atoms with Crippen LogP contribution in [0.4, 0.5) is 17.6 Å². The molecule has 0 aromatic heterocycles. The van der Waals surface area contributed by atoms with Crippen molar-refractivity contribution < 1.29 is 71.8 Å². The number of amides is 1. The highest BCUT2D eigenvalue weighted by Crippen LogP contribution is 2.38. The lowest BCUT2D eigenvalue weighted by Gasteiger charge is -2.29. The molecule has 0 spiro atoms. The minimum absolute atomic E-state index is 0. The lowest BCUT2D eigenvalue weighted by atomic mass is 9.99. The van der Waals surface area contributed by atoms with Crippen LogP contribution in [0.1, 0.15) is 80.4 Å². The first-order valence-electron chi connectivity index (χ1n) is 26.2. The van der Waals surface area contributed by atoms with E-state index in [4.69, 9.17) is 35.0 Å². The molecule has 80 heavy (non-hydrogen) atoms. The summed E-state index contributed by atoms with van der Waals surface area (Å²) in [6.07, 6.45) is 3.32. The van der Waals surface area contributed by atoms with Crippen molar-refractivity contribution in [2.45, 2.75) is 83.1 Å². The molecule has 2 saturated heterocycles. The quantitative estimate of drug-likeness (QED) is 0.0196. The van der Waals surface area contributed by atoms with E-state index in [2.05, 4.69) is 25.4 Å². The number of ether oxygens (including phenoxy) is 4. The number of hydrogen-bond acceptors (Lipinski definition) is 15. The van der Waals surface area contributed by atoms with E-state index in [1.54, 1.807) is 36.4 Å². The number of aliphatic carboxylic acids is 1. The second kappa shape index (κ2) is 28.5. The summed E-state index contributed by atoms with van der Waals surface area (Å²) < 4.78 is 76.7. The summed E-state index contributed by atoms with van der Waals surface area (Å²) in [4.78, 5) is 28.2. The highest BCUT2D eigenvalue weighted by atomic mass is 19.1. The Bertz CT molecular complexity index is 3160. The normalized spacial score (nSPS) is 16.8. The fraction of sp³-hybridized carbons (Fsp3) is 0.390. The molecule has 4 atom stereocenters. The van der Waals surface area contributed by atoms with Gasteiger partial charge in [0.1, 0.15) is 49.9 Å². The molecule has 4 heterocycles. The number of rotatable bonds is 17. The average molecular weight is 1110 g/mol. The van der Waals surface area contributed by atoms with Crippen LogP contribution < -0.4 is 30.0 Å².